The lowest BCUT2D eigenvalue weighted by molar-refractivity contribution is -0.136. The van der Waals surface area contributed by atoms with Gasteiger partial charge in [0.25, 0.3) is 0 Å². The molecule has 0 aromatic heterocycles. The highest BCUT2D eigenvalue weighted by molar-refractivity contribution is 5.75. The number of nitrogens with one attached hydrogen (secondary N) is 2. The lowest BCUT2D eigenvalue weighted by atomic mass is 10.1. The Morgan fingerprint density at radius 1 is 1.15 bits per heavy atom. The molecule has 138 valence electrons. The molecule has 1 atom stereocenters. The molecular weight excluding hydrogens is 332 g/mol. The molecule has 0 saturated heterocycles. The number of carbonyl (C=O) groups is 2. The summed E-state index contributed by atoms with van der Waals surface area (Å²) in [4.78, 5) is 22.2. The summed E-state index contributed by atoms with van der Waals surface area (Å²) in [6.07, 6.45) is -0.102. The molecule has 0 radical (unpaired) electrons. The third-order valence-electron chi connectivity index (χ3n) is 3.84. The largest absolute Gasteiger partial charge is 0.489 e. The van der Waals surface area contributed by atoms with Crippen molar-refractivity contribution in [3.8, 4) is 5.75 Å². The van der Waals surface area contributed by atoms with Crippen LogP contribution in [0.15, 0.2) is 48.5 Å². The molecule has 2 amide bonds. The summed E-state index contributed by atoms with van der Waals surface area (Å²) in [6.45, 7) is 4.50. The van der Waals surface area contributed by atoms with Gasteiger partial charge in [-0.05, 0) is 37.1 Å². The first-order valence-electron chi connectivity index (χ1n) is 8.48. The van der Waals surface area contributed by atoms with Crippen molar-refractivity contribution in [3.05, 3.63) is 65.2 Å². The minimum absolute atomic E-state index is 0.0968. The monoisotopic (exact) mass is 356 g/mol. The maximum atomic E-state index is 11.7. The fourth-order valence-corrected chi connectivity index (χ4v) is 2.44. The minimum atomic E-state index is -0.945. The fourth-order valence-electron chi connectivity index (χ4n) is 2.44. The van der Waals surface area contributed by atoms with Crippen molar-refractivity contribution in [2.24, 2.45) is 0 Å². The molecule has 6 heteroatoms. The molecule has 26 heavy (non-hydrogen) atoms. The number of carbonyl (C=O) groups excluding carboxylic acids is 1. The second-order valence-electron chi connectivity index (χ2n) is 6.11. The second-order valence-corrected chi connectivity index (χ2v) is 6.11. The molecule has 0 aliphatic carbocycles. The molecular formula is C20H24N2O4. The number of aryl methyl sites for hydroxylation is 1. The lowest BCUT2D eigenvalue weighted by Gasteiger charge is -2.15. The number of carboxylic acids is 1. The predicted octanol–water partition coefficient (Wildman–Crippen LogP) is 3.41. The summed E-state index contributed by atoms with van der Waals surface area (Å²) in [5.41, 5.74) is 3.24. The second kappa shape index (κ2) is 9.46. The van der Waals surface area contributed by atoms with Crippen LogP contribution in [0.2, 0.25) is 0 Å². The minimum Gasteiger partial charge on any atom is -0.489 e. The Hall–Kier alpha value is -3.02. The van der Waals surface area contributed by atoms with Gasteiger partial charge < -0.3 is 20.5 Å². The van der Waals surface area contributed by atoms with E-state index < -0.39 is 12.0 Å². The normalized spacial score (nSPS) is 11.5. The number of benzene rings is 2. The maximum absolute atomic E-state index is 11.7. The Morgan fingerprint density at radius 3 is 2.54 bits per heavy atom. The summed E-state index contributed by atoms with van der Waals surface area (Å²) >= 11 is 0. The first-order valence-corrected chi connectivity index (χ1v) is 8.48. The van der Waals surface area contributed by atoms with E-state index >= 15 is 0 Å². The van der Waals surface area contributed by atoms with Crippen LogP contribution in [0.3, 0.4) is 0 Å². The van der Waals surface area contributed by atoms with Gasteiger partial charge >= 0.3 is 12.0 Å². The van der Waals surface area contributed by atoms with Gasteiger partial charge in [0, 0.05) is 6.54 Å². The van der Waals surface area contributed by atoms with E-state index in [4.69, 9.17) is 9.84 Å². The van der Waals surface area contributed by atoms with E-state index in [1.54, 1.807) is 0 Å². The summed E-state index contributed by atoms with van der Waals surface area (Å²) < 4.78 is 5.78. The highest BCUT2D eigenvalue weighted by atomic mass is 16.5. The number of ether oxygens (including phenoxy) is 1. The number of hydrogen-bond donors (Lipinski definition) is 3. The molecule has 2 rings (SSSR count). The first kappa shape index (κ1) is 19.3. The van der Waals surface area contributed by atoms with E-state index in [9.17, 15) is 9.59 Å². The number of amides is 2. The lowest BCUT2D eigenvalue weighted by Crippen LogP contribution is -2.38. The van der Waals surface area contributed by atoms with Crippen molar-refractivity contribution in [3.63, 3.8) is 0 Å². The van der Waals surface area contributed by atoms with Gasteiger partial charge in [0.1, 0.15) is 12.4 Å². The van der Waals surface area contributed by atoms with Gasteiger partial charge in [-0.15, -0.1) is 0 Å². The zero-order valence-electron chi connectivity index (χ0n) is 15.0. The maximum Gasteiger partial charge on any atom is 0.315 e. The summed E-state index contributed by atoms with van der Waals surface area (Å²) in [6, 6.07) is 15.1. The number of rotatable bonds is 8. The Balaban J connectivity index is 1.82. The van der Waals surface area contributed by atoms with Crippen LogP contribution in [-0.4, -0.2) is 23.7 Å². The Bertz CT molecular complexity index is 744. The molecule has 0 heterocycles. The van der Waals surface area contributed by atoms with Crippen LogP contribution in [0.1, 0.15) is 36.1 Å². The van der Waals surface area contributed by atoms with Crippen LogP contribution in [0.25, 0.3) is 0 Å². The van der Waals surface area contributed by atoms with Crippen molar-refractivity contribution in [2.75, 3.05) is 6.54 Å². The smallest absolute Gasteiger partial charge is 0.315 e. The van der Waals surface area contributed by atoms with E-state index in [1.807, 2.05) is 56.3 Å². The molecule has 6 nitrogen and oxygen atoms in total. The molecule has 2 aromatic carbocycles. The molecule has 0 aliphatic heterocycles. The Kier molecular flexibility index (Phi) is 7.02. The van der Waals surface area contributed by atoms with Gasteiger partial charge in [0.15, 0.2) is 0 Å². The molecule has 0 spiro atoms. The topological polar surface area (TPSA) is 87.7 Å². The van der Waals surface area contributed by atoms with Gasteiger partial charge in [-0.2, -0.15) is 0 Å². The van der Waals surface area contributed by atoms with E-state index in [0.29, 0.717) is 6.61 Å². The van der Waals surface area contributed by atoms with E-state index in [1.165, 1.54) is 5.56 Å². The molecule has 0 saturated carbocycles. The van der Waals surface area contributed by atoms with Gasteiger partial charge in [0.05, 0.1) is 12.5 Å². The molecule has 3 N–H and O–H groups in total. The van der Waals surface area contributed by atoms with Crippen molar-refractivity contribution >= 4 is 12.0 Å². The molecule has 0 aliphatic rings. The fraction of sp³-hybridized carbons (Fsp3) is 0.300. The molecule has 0 fully saturated rings. The molecule has 2 aromatic rings. The SMILES string of the molecule is Cc1cccc(COc2ccc(C(C)NC(=O)NCCC(=O)O)cc2)c1. The van der Waals surface area contributed by atoms with Crippen LogP contribution >= 0.6 is 0 Å². The average molecular weight is 356 g/mol. The van der Waals surface area contributed by atoms with Crippen molar-refractivity contribution < 1.29 is 19.4 Å². The van der Waals surface area contributed by atoms with Crippen LogP contribution in [0.5, 0.6) is 5.75 Å². The van der Waals surface area contributed by atoms with Crippen LogP contribution < -0.4 is 15.4 Å². The zero-order chi connectivity index (χ0) is 18.9. The predicted molar refractivity (Wildman–Crippen MR) is 99.2 cm³/mol. The van der Waals surface area contributed by atoms with Gasteiger partial charge in [-0.1, -0.05) is 42.0 Å². The summed E-state index contributed by atoms with van der Waals surface area (Å²) in [5, 5.41) is 13.8. The van der Waals surface area contributed by atoms with Crippen molar-refractivity contribution in [1.29, 1.82) is 0 Å². The van der Waals surface area contributed by atoms with Crippen molar-refractivity contribution in [1.82, 2.24) is 10.6 Å². The number of urea groups is 1. The van der Waals surface area contributed by atoms with Crippen LogP contribution in [0, 0.1) is 6.92 Å². The van der Waals surface area contributed by atoms with Crippen LogP contribution in [-0.2, 0) is 11.4 Å². The quantitative estimate of drug-likeness (QED) is 0.676. The standard InChI is InChI=1S/C20H24N2O4/c1-14-4-3-5-16(12-14)13-26-18-8-6-17(7-9-18)15(2)22-20(25)21-11-10-19(23)24/h3-9,12,15H,10-11,13H2,1-2H3,(H,23,24)(H2,21,22,25). The van der Waals surface area contributed by atoms with Gasteiger partial charge in [-0.25, -0.2) is 4.79 Å². The third kappa shape index (κ3) is 6.47. The number of carboxylic acid groups (broad SMARTS) is 1. The molecule has 0 bridgehead atoms. The number of hydrogen-bond acceptors (Lipinski definition) is 3. The molecule has 1 unspecified atom stereocenters. The van der Waals surface area contributed by atoms with E-state index in [-0.39, 0.29) is 19.0 Å². The zero-order valence-corrected chi connectivity index (χ0v) is 15.0. The highest BCUT2D eigenvalue weighted by Crippen LogP contribution is 2.18. The summed E-state index contributed by atoms with van der Waals surface area (Å²) in [7, 11) is 0. The summed E-state index contributed by atoms with van der Waals surface area (Å²) in [5.74, 6) is -0.187. The van der Waals surface area contributed by atoms with Crippen LogP contribution in [0.4, 0.5) is 4.79 Å². The highest BCUT2D eigenvalue weighted by Gasteiger charge is 2.09. The van der Waals surface area contributed by atoms with Gasteiger partial charge in [0.2, 0.25) is 0 Å². The average Bonchev–Trinajstić information content (AvgIpc) is 2.60. The Labute approximate surface area is 153 Å². The number of aliphatic carboxylic acids is 1. The van der Waals surface area contributed by atoms with Crippen molar-refractivity contribution in [2.45, 2.75) is 32.9 Å². The van der Waals surface area contributed by atoms with E-state index in [0.717, 1.165) is 16.9 Å². The van der Waals surface area contributed by atoms with Gasteiger partial charge in [-0.3, -0.25) is 4.79 Å². The first-order chi connectivity index (χ1) is 12.4. The van der Waals surface area contributed by atoms with E-state index in [2.05, 4.69) is 16.7 Å². The Morgan fingerprint density at radius 2 is 1.88 bits per heavy atom. The third-order valence-corrected chi connectivity index (χ3v) is 3.84.